The molecule has 29 heavy (non-hydrogen) atoms. The van der Waals surface area contributed by atoms with E-state index in [9.17, 15) is 9.59 Å². The summed E-state index contributed by atoms with van der Waals surface area (Å²) < 4.78 is 10.7. The van der Waals surface area contributed by atoms with Gasteiger partial charge in [-0.15, -0.1) is 0 Å². The molecule has 4 aliphatic carbocycles. The van der Waals surface area contributed by atoms with E-state index < -0.39 is 0 Å². The van der Waals surface area contributed by atoms with Crippen LogP contribution < -0.4 is 0 Å². The average molecular weight is 403 g/mol. The van der Waals surface area contributed by atoms with Crippen molar-refractivity contribution in [2.45, 2.75) is 85.2 Å². The lowest BCUT2D eigenvalue weighted by Crippen LogP contribution is -2.50. The van der Waals surface area contributed by atoms with Gasteiger partial charge in [0.25, 0.3) is 6.47 Å². The van der Waals surface area contributed by atoms with Gasteiger partial charge in [-0.1, -0.05) is 32.4 Å². The number of carbonyl (C=O) groups excluding carboxylic acids is 2. The zero-order chi connectivity index (χ0) is 20.8. The van der Waals surface area contributed by atoms with Crippen molar-refractivity contribution in [1.82, 2.24) is 0 Å². The van der Waals surface area contributed by atoms with Gasteiger partial charge in [0.1, 0.15) is 6.10 Å². The molecule has 0 saturated heterocycles. The fraction of sp³-hybridized carbons (Fsp3) is 0.840. The number of fused-ring (bicyclic) bond motifs is 5. The third kappa shape index (κ3) is 3.45. The standard InChI is InChI=1S/C25H38O4/c1-16(14-28-15-26)21-7-8-22-20-6-5-18-13-19(29-17(2)27)9-11-24(18,3)23(20)10-12-25(21,22)4/h6,15-16,18-19,21-23H,5,7-14H2,1-4H3. The molecule has 0 aliphatic heterocycles. The van der Waals surface area contributed by atoms with Crippen LogP contribution in [0, 0.1) is 40.4 Å². The van der Waals surface area contributed by atoms with E-state index in [1.54, 1.807) is 5.57 Å². The Morgan fingerprint density at radius 1 is 1.17 bits per heavy atom. The number of esters is 1. The molecule has 0 N–H and O–H groups in total. The Hall–Kier alpha value is -1.32. The van der Waals surface area contributed by atoms with Crippen LogP contribution >= 0.6 is 0 Å². The first kappa shape index (κ1) is 20.9. The summed E-state index contributed by atoms with van der Waals surface area (Å²) in [7, 11) is 0. The second-order valence-corrected chi connectivity index (χ2v) is 10.9. The van der Waals surface area contributed by atoms with Gasteiger partial charge >= 0.3 is 5.97 Å². The van der Waals surface area contributed by atoms with E-state index in [2.05, 4.69) is 26.8 Å². The Labute approximate surface area is 175 Å². The molecule has 0 heterocycles. The lowest BCUT2D eigenvalue weighted by atomic mass is 9.47. The van der Waals surface area contributed by atoms with Crippen molar-refractivity contribution in [3.05, 3.63) is 11.6 Å². The molecular weight excluding hydrogens is 364 g/mol. The van der Waals surface area contributed by atoms with E-state index in [0.717, 1.165) is 19.3 Å². The van der Waals surface area contributed by atoms with Crippen molar-refractivity contribution >= 4 is 12.4 Å². The largest absolute Gasteiger partial charge is 0.468 e. The summed E-state index contributed by atoms with van der Waals surface area (Å²) in [5, 5.41) is 0. The Morgan fingerprint density at radius 3 is 2.62 bits per heavy atom. The number of carbonyl (C=O) groups is 2. The molecule has 8 unspecified atom stereocenters. The SMILES string of the molecule is CC(=O)OC1CCC2(C)C(CC=C3C2CCC2(C)C3CCC2C(C)COC=O)C1. The van der Waals surface area contributed by atoms with Crippen LogP contribution in [0.3, 0.4) is 0 Å². The van der Waals surface area contributed by atoms with Gasteiger partial charge in [-0.25, -0.2) is 0 Å². The highest BCUT2D eigenvalue weighted by Gasteiger charge is 2.58. The van der Waals surface area contributed by atoms with Crippen molar-refractivity contribution < 1.29 is 19.1 Å². The molecule has 3 saturated carbocycles. The summed E-state index contributed by atoms with van der Waals surface area (Å²) >= 11 is 0. The van der Waals surface area contributed by atoms with Gasteiger partial charge in [0, 0.05) is 6.92 Å². The summed E-state index contributed by atoms with van der Waals surface area (Å²) in [6, 6.07) is 0. The van der Waals surface area contributed by atoms with E-state index >= 15 is 0 Å². The molecule has 0 amide bonds. The molecule has 4 heteroatoms. The highest BCUT2D eigenvalue weighted by atomic mass is 16.5. The van der Waals surface area contributed by atoms with Crippen molar-refractivity contribution in [2.24, 2.45) is 40.4 Å². The molecule has 4 nitrogen and oxygen atoms in total. The summed E-state index contributed by atoms with van der Waals surface area (Å²) in [6.45, 7) is 9.98. The smallest absolute Gasteiger partial charge is 0.302 e. The normalized spacial score (nSPS) is 44.6. The zero-order valence-corrected chi connectivity index (χ0v) is 18.6. The lowest BCUT2D eigenvalue weighted by molar-refractivity contribution is -0.152. The Morgan fingerprint density at radius 2 is 1.90 bits per heavy atom. The molecule has 3 fully saturated rings. The maximum Gasteiger partial charge on any atom is 0.302 e. The zero-order valence-electron chi connectivity index (χ0n) is 18.6. The van der Waals surface area contributed by atoms with E-state index in [-0.39, 0.29) is 12.1 Å². The molecule has 0 aromatic rings. The second kappa shape index (κ2) is 7.74. The third-order valence-electron chi connectivity index (χ3n) is 9.55. The molecule has 0 radical (unpaired) electrons. The Kier molecular flexibility index (Phi) is 5.59. The minimum absolute atomic E-state index is 0.115. The topological polar surface area (TPSA) is 52.6 Å². The van der Waals surface area contributed by atoms with Gasteiger partial charge in [0.05, 0.1) is 6.61 Å². The summed E-state index contributed by atoms with van der Waals surface area (Å²) in [6.07, 6.45) is 12.2. The van der Waals surface area contributed by atoms with E-state index in [1.807, 2.05) is 0 Å². The van der Waals surface area contributed by atoms with Crippen LogP contribution in [0.15, 0.2) is 11.6 Å². The molecular formula is C25H38O4. The van der Waals surface area contributed by atoms with Crippen molar-refractivity contribution in [3.63, 3.8) is 0 Å². The predicted molar refractivity (Wildman–Crippen MR) is 112 cm³/mol. The fourth-order valence-corrected chi connectivity index (χ4v) is 8.10. The molecule has 0 spiro atoms. The van der Waals surface area contributed by atoms with Crippen LogP contribution in [0.1, 0.15) is 79.1 Å². The molecule has 162 valence electrons. The van der Waals surface area contributed by atoms with Gasteiger partial charge in [-0.05, 0) is 91.8 Å². The first-order chi connectivity index (χ1) is 13.8. The third-order valence-corrected chi connectivity index (χ3v) is 9.55. The number of hydrogen-bond acceptors (Lipinski definition) is 4. The summed E-state index contributed by atoms with van der Waals surface area (Å²) in [5.41, 5.74) is 2.44. The van der Waals surface area contributed by atoms with Crippen LogP contribution in [0.25, 0.3) is 0 Å². The predicted octanol–water partition coefficient (Wildman–Crippen LogP) is 5.31. The van der Waals surface area contributed by atoms with Crippen molar-refractivity contribution in [3.8, 4) is 0 Å². The first-order valence-electron chi connectivity index (χ1n) is 11.7. The summed E-state index contributed by atoms with van der Waals surface area (Å²) in [4.78, 5) is 22.1. The minimum Gasteiger partial charge on any atom is -0.468 e. The Balaban J connectivity index is 1.53. The maximum atomic E-state index is 11.4. The van der Waals surface area contributed by atoms with E-state index in [4.69, 9.17) is 9.47 Å². The van der Waals surface area contributed by atoms with Crippen molar-refractivity contribution in [2.75, 3.05) is 6.61 Å². The molecule has 4 aliphatic rings. The maximum absolute atomic E-state index is 11.4. The lowest BCUT2D eigenvalue weighted by Gasteiger charge is -2.58. The highest BCUT2D eigenvalue weighted by molar-refractivity contribution is 5.66. The van der Waals surface area contributed by atoms with Crippen LogP contribution in [-0.2, 0) is 19.1 Å². The van der Waals surface area contributed by atoms with Crippen molar-refractivity contribution in [1.29, 1.82) is 0 Å². The first-order valence-corrected chi connectivity index (χ1v) is 11.7. The van der Waals surface area contributed by atoms with Crippen LogP contribution in [-0.4, -0.2) is 25.2 Å². The highest BCUT2D eigenvalue weighted by Crippen LogP contribution is 2.66. The van der Waals surface area contributed by atoms with Gasteiger partial charge < -0.3 is 9.47 Å². The van der Waals surface area contributed by atoms with Crippen LogP contribution in [0.2, 0.25) is 0 Å². The van der Waals surface area contributed by atoms with Gasteiger partial charge in [-0.2, -0.15) is 0 Å². The van der Waals surface area contributed by atoms with E-state index in [0.29, 0.717) is 53.5 Å². The average Bonchev–Trinajstić information content (AvgIpc) is 3.03. The van der Waals surface area contributed by atoms with Crippen LogP contribution in [0.4, 0.5) is 0 Å². The van der Waals surface area contributed by atoms with Gasteiger partial charge in [0.2, 0.25) is 0 Å². The number of rotatable bonds is 5. The second-order valence-electron chi connectivity index (χ2n) is 10.9. The molecule has 0 bridgehead atoms. The molecule has 8 atom stereocenters. The number of hydrogen-bond donors (Lipinski definition) is 0. The minimum atomic E-state index is -0.135. The number of ether oxygens (including phenoxy) is 2. The quantitative estimate of drug-likeness (QED) is 0.355. The molecule has 4 rings (SSSR count). The monoisotopic (exact) mass is 402 g/mol. The fourth-order valence-electron chi connectivity index (χ4n) is 8.10. The Bertz CT molecular complexity index is 684. The number of allylic oxidation sites excluding steroid dienone is 2. The molecule has 0 aromatic carbocycles. The van der Waals surface area contributed by atoms with Crippen LogP contribution in [0.5, 0.6) is 0 Å². The molecule has 0 aromatic heterocycles. The van der Waals surface area contributed by atoms with Gasteiger partial charge in [0.15, 0.2) is 0 Å². The summed E-state index contributed by atoms with van der Waals surface area (Å²) in [5.74, 6) is 2.95. The van der Waals surface area contributed by atoms with E-state index in [1.165, 1.54) is 39.0 Å². The van der Waals surface area contributed by atoms with Gasteiger partial charge in [-0.3, -0.25) is 9.59 Å².